The Bertz CT molecular complexity index is 1470. The van der Waals surface area contributed by atoms with E-state index in [-0.39, 0.29) is 61.8 Å². The summed E-state index contributed by atoms with van der Waals surface area (Å²) >= 11 is 0. The van der Waals surface area contributed by atoms with Crippen molar-refractivity contribution in [3.05, 3.63) is 59.7 Å². The van der Waals surface area contributed by atoms with Crippen molar-refractivity contribution in [3.63, 3.8) is 0 Å². The number of carboxylic acid groups (broad SMARTS) is 1. The van der Waals surface area contributed by atoms with Crippen LogP contribution in [-0.4, -0.2) is 142 Å². The number of aliphatic hydroxyl groups is 6. The summed E-state index contributed by atoms with van der Waals surface area (Å²) in [5.41, 5.74) is 6.61. The first-order valence-electron chi connectivity index (χ1n) is 18.1. The summed E-state index contributed by atoms with van der Waals surface area (Å²) in [7, 11) is 0. The number of nitrogens with one attached hydrogen (secondary N) is 2. The fraction of sp³-hybridized carbons (Fsp3) is 0.639. The number of carbonyl (C=O) groups excluding carboxylic acids is 1. The quantitative estimate of drug-likeness (QED) is 0.0185. The number of carboxylic acids is 1. The molecular weight excluding hydrogens is 712 g/mol. The molecule has 0 aromatic carbocycles. The number of rotatable bonds is 17. The number of quaternary nitrogens is 1. The molecule has 2 fully saturated rings. The Morgan fingerprint density at radius 1 is 1.19 bits per heavy atom. The van der Waals surface area contributed by atoms with Crippen LogP contribution in [0.15, 0.2) is 64.7 Å². The van der Waals surface area contributed by atoms with Gasteiger partial charge in [-0.05, 0) is 46.0 Å². The van der Waals surface area contributed by atoms with Gasteiger partial charge in [0.15, 0.2) is 18.4 Å². The van der Waals surface area contributed by atoms with Crippen LogP contribution in [0.4, 0.5) is 0 Å². The fourth-order valence-corrected chi connectivity index (χ4v) is 6.75. The molecule has 0 aromatic rings. The molecule has 11 N–H and O–H groups in total. The van der Waals surface area contributed by atoms with E-state index < -0.39 is 73.2 Å². The number of esters is 1. The predicted octanol–water partition coefficient (Wildman–Crippen LogP) is -2.34. The second-order valence-electron chi connectivity index (χ2n) is 13.8. The van der Waals surface area contributed by atoms with Crippen LogP contribution in [-0.2, 0) is 33.3 Å². The molecule has 0 amide bonds. The Morgan fingerprint density at radius 2 is 1.91 bits per heavy atom. The van der Waals surface area contributed by atoms with E-state index in [0.29, 0.717) is 29.7 Å². The zero-order valence-corrected chi connectivity index (χ0v) is 30.6. The zero-order valence-electron chi connectivity index (χ0n) is 30.6. The molecule has 54 heavy (non-hydrogen) atoms. The molecule has 0 radical (unpaired) electrons. The van der Waals surface area contributed by atoms with Gasteiger partial charge in [0.2, 0.25) is 12.1 Å². The lowest BCUT2D eigenvalue weighted by molar-refractivity contribution is -0.843. The molecule has 0 spiro atoms. The number of hydrogen-bond acceptors (Lipinski definition) is 14. The zero-order chi connectivity index (χ0) is 39.6. The van der Waals surface area contributed by atoms with Crippen molar-refractivity contribution < 1.29 is 73.9 Å². The fourth-order valence-electron chi connectivity index (χ4n) is 6.75. The van der Waals surface area contributed by atoms with E-state index in [1.165, 1.54) is 12.3 Å². The number of guanidine groups is 1. The second kappa shape index (κ2) is 19.8. The van der Waals surface area contributed by atoms with Gasteiger partial charge in [-0.3, -0.25) is 4.99 Å². The molecule has 3 aliphatic heterocycles. The molecule has 1 saturated heterocycles. The van der Waals surface area contributed by atoms with E-state index in [1.54, 1.807) is 32.2 Å². The van der Waals surface area contributed by atoms with Crippen molar-refractivity contribution in [2.75, 3.05) is 39.5 Å². The van der Waals surface area contributed by atoms with Crippen LogP contribution < -0.4 is 16.0 Å². The first-order valence-corrected chi connectivity index (χ1v) is 18.1. The van der Waals surface area contributed by atoms with Gasteiger partial charge in [0.25, 0.3) is 0 Å². The van der Waals surface area contributed by atoms with Gasteiger partial charge < -0.3 is 75.4 Å². The van der Waals surface area contributed by atoms with Crippen LogP contribution in [0.2, 0.25) is 0 Å². The van der Waals surface area contributed by atoms with Crippen LogP contribution in [0.1, 0.15) is 46.0 Å². The molecule has 3 heterocycles. The number of nitrogens with zero attached hydrogens (tertiary/aromatic N) is 1. The van der Waals surface area contributed by atoms with Gasteiger partial charge in [-0.1, -0.05) is 18.2 Å². The maximum atomic E-state index is 13.7. The lowest BCUT2D eigenvalue weighted by Crippen LogP contribution is -3.09. The smallest absolute Gasteiger partial charge is 0.339 e. The van der Waals surface area contributed by atoms with Crippen molar-refractivity contribution in [1.82, 2.24) is 5.32 Å². The van der Waals surface area contributed by atoms with Crippen LogP contribution in [0, 0.1) is 11.8 Å². The number of nitrogens with two attached hydrogens (primary N) is 1. The Hall–Kier alpha value is -3.69. The summed E-state index contributed by atoms with van der Waals surface area (Å²) in [5, 5.41) is 74.2. The topological polar surface area (TPSA) is 277 Å². The molecule has 4 rings (SSSR count). The van der Waals surface area contributed by atoms with Gasteiger partial charge in [0, 0.05) is 19.1 Å². The summed E-state index contributed by atoms with van der Waals surface area (Å²) in [6.07, 6.45) is 2.15. The average molecular weight is 768 g/mol. The highest BCUT2D eigenvalue weighted by molar-refractivity contribution is 5.92. The molecule has 0 aromatic heterocycles. The van der Waals surface area contributed by atoms with Crippen LogP contribution in [0.25, 0.3) is 0 Å². The summed E-state index contributed by atoms with van der Waals surface area (Å²) in [6.45, 7) is 6.43. The minimum atomic E-state index is -2.92. The van der Waals surface area contributed by atoms with Crippen LogP contribution in [0.3, 0.4) is 0 Å². The monoisotopic (exact) mass is 767 g/mol. The first kappa shape index (κ1) is 43.0. The van der Waals surface area contributed by atoms with E-state index >= 15 is 0 Å². The number of ether oxygens (including phenoxy) is 5. The van der Waals surface area contributed by atoms with E-state index in [4.69, 9.17) is 34.5 Å². The molecule has 8 atom stereocenters. The van der Waals surface area contributed by atoms with Crippen LogP contribution >= 0.6 is 0 Å². The van der Waals surface area contributed by atoms with E-state index in [1.807, 2.05) is 0 Å². The molecule has 1 aliphatic carbocycles. The summed E-state index contributed by atoms with van der Waals surface area (Å²) in [4.78, 5) is 31.0. The third-order valence-corrected chi connectivity index (χ3v) is 9.51. The Labute approximate surface area is 313 Å². The van der Waals surface area contributed by atoms with Crippen molar-refractivity contribution in [3.8, 4) is 0 Å². The van der Waals surface area contributed by atoms with Crippen molar-refractivity contribution in [2.24, 2.45) is 22.6 Å². The lowest BCUT2D eigenvalue weighted by Gasteiger charge is -2.48. The highest BCUT2D eigenvalue weighted by Crippen LogP contribution is 2.39. The Morgan fingerprint density at radius 3 is 2.52 bits per heavy atom. The van der Waals surface area contributed by atoms with E-state index in [9.17, 15) is 40.2 Å². The van der Waals surface area contributed by atoms with Gasteiger partial charge in [-0.2, -0.15) is 0 Å². The lowest BCUT2D eigenvalue weighted by atomic mass is 9.83. The van der Waals surface area contributed by atoms with Gasteiger partial charge in [0.05, 0.1) is 48.3 Å². The number of aliphatic hydroxyl groups excluding tert-OH is 4. The molecule has 8 unspecified atom stereocenters. The number of allylic oxidation sites excluding steroid dienone is 2. The minimum Gasteiger partial charge on any atom is -0.478 e. The highest BCUT2D eigenvalue weighted by Gasteiger charge is 2.57. The predicted molar refractivity (Wildman–Crippen MR) is 189 cm³/mol. The van der Waals surface area contributed by atoms with E-state index in [2.05, 4.69) is 16.9 Å². The first-order chi connectivity index (χ1) is 25.7. The average Bonchev–Trinajstić information content (AvgIpc) is 3.64. The molecular formula is C36H55N4O14+. The number of aliphatic imine (C=N–C) groups is 1. The van der Waals surface area contributed by atoms with Crippen LogP contribution in [0.5, 0.6) is 0 Å². The normalized spacial score (nSPS) is 30.6. The molecule has 1 saturated carbocycles. The molecule has 4 aliphatic rings. The highest BCUT2D eigenvalue weighted by atomic mass is 16.8. The molecule has 302 valence electrons. The molecule has 18 nitrogen and oxygen atoms in total. The maximum absolute atomic E-state index is 13.7. The molecule has 0 bridgehead atoms. The summed E-state index contributed by atoms with van der Waals surface area (Å²) in [5.74, 6) is -6.70. The minimum absolute atomic E-state index is 0.00254. The maximum Gasteiger partial charge on any atom is 0.339 e. The van der Waals surface area contributed by atoms with E-state index in [0.717, 1.165) is 12.8 Å². The van der Waals surface area contributed by atoms with Crippen molar-refractivity contribution in [2.45, 2.75) is 94.8 Å². The largest absolute Gasteiger partial charge is 0.478 e. The van der Waals surface area contributed by atoms with Crippen molar-refractivity contribution >= 4 is 17.9 Å². The number of aliphatic carboxylic acids is 1. The summed E-state index contributed by atoms with van der Waals surface area (Å²) in [6, 6.07) is 0. The third-order valence-electron chi connectivity index (χ3n) is 9.51. The molecule has 18 heteroatoms. The van der Waals surface area contributed by atoms with Gasteiger partial charge in [-0.25, -0.2) is 9.59 Å². The van der Waals surface area contributed by atoms with Crippen molar-refractivity contribution in [1.29, 1.82) is 0 Å². The number of hydrogen-bond donors (Lipinski definition) is 10. The standard InChI is InChI=1S/C36H54N4O14/c1-4-23-24(11-10-21-16-40(13-15-42)17-25(31(45)46)28(21)39-35(37)38-12-7-14-41)26(32(47)52-22-8-5-6-9-22)19-50-33(23)54-34-30(51-20(2)3)36(48,49)29(44)27(18-43)53-34/h4,10-11,16,19-20,22-24,27,29-30,33-34,41-44,48-49H,1,5-9,12-15,17-18H2,2-3H3,(H,45,46)(H3,37,38,39)/p+1. The van der Waals surface area contributed by atoms with Gasteiger partial charge >= 0.3 is 11.9 Å². The second-order valence-corrected chi connectivity index (χ2v) is 13.8. The SMILES string of the molecule is C=CC1C(OC2OC(CO)C(O)C(O)(O)C2OC(C)C)OC=C(C(=O)OC2CCCC2)C1C=CC1=C[NH+](CCO)CC(C(=O)O)=C1NC(N)=NCCCO. The Kier molecular flexibility index (Phi) is 15.8. The Balaban J connectivity index is 1.75. The number of carbonyl (C=O) groups is 2. The third kappa shape index (κ3) is 10.5. The van der Waals surface area contributed by atoms with Gasteiger partial charge in [0.1, 0.15) is 43.2 Å². The summed E-state index contributed by atoms with van der Waals surface area (Å²) < 4.78 is 29.4. The van der Waals surface area contributed by atoms with Gasteiger partial charge in [-0.15, -0.1) is 6.58 Å².